The van der Waals surface area contributed by atoms with Gasteiger partial charge >= 0.3 is 0 Å². The lowest BCUT2D eigenvalue weighted by Gasteiger charge is -2.26. The fraction of sp³-hybridized carbons (Fsp3) is 0.321. The molecule has 0 spiro atoms. The lowest BCUT2D eigenvalue weighted by Crippen LogP contribution is -2.41. The maximum atomic E-state index is 13.9. The minimum atomic E-state index is -4.18. The van der Waals surface area contributed by atoms with Gasteiger partial charge in [0.15, 0.2) is 23.0 Å². The van der Waals surface area contributed by atoms with Crippen LogP contribution < -0.4 is 33.3 Å². The van der Waals surface area contributed by atoms with Crippen LogP contribution in [0.2, 0.25) is 0 Å². The highest BCUT2D eigenvalue weighted by molar-refractivity contribution is 7.92. The van der Waals surface area contributed by atoms with E-state index in [1.807, 2.05) is 26.0 Å². The maximum Gasteiger partial charge on any atom is 0.264 e. The summed E-state index contributed by atoms with van der Waals surface area (Å²) in [7, 11) is -1.30. The summed E-state index contributed by atoms with van der Waals surface area (Å²) >= 11 is 0. The van der Waals surface area contributed by atoms with Crippen LogP contribution in [0.4, 0.5) is 5.69 Å². The summed E-state index contributed by atoms with van der Waals surface area (Å²) in [4.78, 5) is 13.2. The number of carbonyl (C=O) groups excluding carboxylic acids is 1. The molecule has 39 heavy (non-hydrogen) atoms. The van der Waals surface area contributed by atoms with Crippen molar-refractivity contribution < 1.29 is 36.9 Å². The molecular formula is C28H32N2O8S. The molecule has 0 unspecified atom stereocenters. The molecule has 10 nitrogen and oxygen atoms in total. The summed E-state index contributed by atoms with van der Waals surface area (Å²) in [5.41, 5.74) is 1.10. The standard InChI is InChI=1S/C28H32N2O8S/c1-5-36-22-9-7-21(8-10-22)30(39(32,33)23-11-13-24(34-3)26(17-23)35-4)18-28(31)29-19(2)20-6-12-25-27(16-20)38-15-14-37-25/h6-13,16-17,19H,5,14-15,18H2,1-4H3,(H,29,31)/t19-/m0/s1. The third kappa shape index (κ3) is 6.31. The minimum Gasteiger partial charge on any atom is -0.494 e. The molecule has 3 aromatic rings. The Morgan fingerprint density at radius 2 is 1.64 bits per heavy atom. The number of nitrogens with zero attached hydrogens (tertiary/aromatic N) is 1. The number of ether oxygens (including phenoxy) is 5. The average Bonchev–Trinajstić information content (AvgIpc) is 2.95. The largest absolute Gasteiger partial charge is 0.494 e. The van der Waals surface area contributed by atoms with Crippen LogP contribution in [0.3, 0.4) is 0 Å². The normalized spacial score (nSPS) is 13.2. The molecule has 0 aliphatic carbocycles. The topological polar surface area (TPSA) is 113 Å². The van der Waals surface area contributed by atoms with E-state index in [1.165, 1.54) is 32.4 Å². The van der Waals surface area contributed by atoms with Gasteiger partial charge in [0.05, 0.1) is 37.5 Å². The summed E-state index contributed by atoms with van der Waals surface area (Å²) in [6.07, 6.45) is 0. The Hall–Kier alpha value is -4.12. The second-order valence-corrected chi connectivity index (χ2v) is 10.5. The molecule has 208 valence electrons. The van der Waals surface area contributed by atoms with Crippen molar-refractivity contribution in [2.24, 2.45) is 0 Å². The van der Waals surface area contributed by atoms with E-state index in [9.17, 15) is 13.2 Å². The Kier molecular flexibility index (Phi) is 8.70. The first-order chi connectivity index (χ1) is 18.8. The number of benzene rings is 3. The first kappa shape index (κ1) is 27.9. The molecule has 1 aliphatic heterocycles. The van der Waals surface area contributed by atoms with Gasteiger partial charge in [-0.1, -0.05) is 6.07 Å². The first-order valence-corrected chi connectivity index (χ1v) is 13.9. The number of amides is 1. The quantitative estimate of drug-likeness (QED) is 0.378. The molecule has 1 N–H and O–H groups in total. The molecule has 0 saturated carbocycles. The molecule has 0 saturated heterocycles. The third-order valence-electron chi connectivity index (χ3n) is 6.11. The van der Waals surface area contributed by atoms with Gasteiger partial charge < -0.3 is 29.0 Å². The van der Waals surface area contributed by atoms with Crippen LogP contribution in [0.15, 0.2) is 65.6 Å². The number of nitrogens with one attached hydrogen (secondary N) is 1. The van der Waals surface area contributed by atoms with Crippen molar-refractivity contribution in [2.75, 3.05) is 44.9 Å². The zero-order valence-corrected chi connectivity index (χ0v) is 23.1. The van der Waals surface area contributed by atoms with E-state index in [4.69, 9.17) is 23.7 Å². The van der Waals surface area contributed by atoms with Gasteiger partial charge in [-0.25, -0.2) is 8.42 Å². The summed E-state index contributed by atoms with van der Waals surface area (Å²) < 4.78 is 56.0. The van der Waals surface area contributed by atoms with Gasteiger partial charge in [0.25, 0.3) is 10.0 Å². The van der Waals surface area contributed by atoms with E-state index in [-0.39, 0.29) is 10.6 Å². The molecule has 1 amide bonds. The number of anilines is 1. The van der Waals surface area contributed by atoms with Crippen molar-refractivity contribution in [3.8, 4) is 28.7 Å². The number of sulfonamides is 1. The fourth-order valence-electron chi connectivity index (χ4n) is 4.12. The summed E-state index contributed by atoms with van der Waals surface area (Å²) in [6.45, 7) is 4.60. The van der Waals surface area contributed by atoms with Crippen molar-refractivity contribution >= 4 is 21.6 Å². The van der Waals surface area contributed by atoms with E-state index in [2.05, 4.69) is 5.32 Å². The van der Waals surface area contributed by atoms with Gasteiger partial charge in [-0.3, -0.25) is 9.10 Å². The molecule has 0 fully saturated rings. The number of carbonyl (C=O) groups is 1. The highest BCUT2D eigenvalue weighted by Gasteiger charge is 2.29. The van der Waals surface area contributed by atoms with Crippen LogP contribution in [-0.4, -0.2) is 54.9 Å². The maximum absolute atomic E-state index is 13.9. The average molecular weight is 557 g/mol. The number of hydrogen-bond donors (Lipinski definition) is 1. The van der Waals surface area contributed by atoms with Crippen molar-refractivity contribution in [3.63, 3.8) is 0 Å². The zero-order valence-electron chi connectivity index (χ0n) is 22.3. The van der Waals surface area contributed by atoms with Gasteiger partial charge in [-0.2, -0.15) is 0 Å². The molecular weight excluding hydrogens is 524 g/mol. The molecule has 0 aromatic heterocycles. The van der Waals surface area contributed by atoms with Crippen LogP contribution in [0, 0.1) is 0 Å². The summed E-state index contributed by atoms with van der Waals surface area (Å²) in [5, 5.41) is 2.89. The van der Waals surface area contributed by atoms with Crippen LogP contribution in [0.25, 0.3) is 0 Å². The molecule has 1 atom stereocenters. The Labute approximate surface area is 228 Å². The molecule has 11 heteroatoms. The zero-order chi connectivity index (χ0) is 28.0. The Bertz CT molecular complexity index is 1410. The highest BCUT2D eigenvalue weighted by Crippen LogP contribution is 2.34. The molecule has 1 aliphatic rings. The van der Waals surface area contributed by atoms with Crippen molar-refractivity contribution in [1.29, 1.82) is 0 Å². The predicted octanol–water partition coefficient (Wildman–Crippen LogP) is 3.95. The molecule has 4 rings (SSSR count). The number of fused-ring (bicyclic) bond motifs is 1. The SMILES string of the molecule is CCOc1ccc(N(CC(=O)N[C@@H](C)c2ccc3c(c2)OCCO3)S(=O)(=O)c2ccc(OC)c(OC)c2)cc1. The number of hydrogen-bond acceptors (Lipinski definition) is 8. The highest BCUT2D eigenvalue weighted by atomic mass is 32.2. The van der Waals surface area contributed by atoms with E-state index in [1.54, 1.807) is 30.3 Å². The lowest BCUT2D eigenvalue weighted by molar-refractivity contribution is -0.120. The lowest BCUT2D eigenvalue weighted by atomic mass is 10.1. The summed E-state index contributed by atoms with van der Waals surface area (Å²) in [5.74, 6) is 1.98. The second-order valence-electron chi connectivity index (χ2n) is 8.65. The van der Waals surface area contributed by atoms with Gasteiger partial charge in [-0.05, 0) is 67.9 Å². The van der Waals surface area contributed by atoms with Crippen LogP contribution in [-0.2, 0) is 14.8 Å². The van der Waals surface area contributed by atoms with Crippen LogP contribution >= 0.6 is 0 Å². The molecule has 3 aromatic carbocycles. The first-order valence-electron chi connectivity index (χ1n) is 12.4. The van der Waals surface area contributed by atoms with E-state index >= 15 is 0 Å². The number of methoxy groups -OCH3 is 2. The van der Waals surface area contributed by atoms with Crippen molar-refractivity contribution in [2.45, 2.75) is 24.8 Å². The molecule has 0 radical (unpaired) electrons. The predicted molar refractivity (Wildman–Crippen MR) is 146 cm³/mol. The Balaban J connectivity index is 1.61. The number of rotatable bonds is 11. The van der Waals surface area contributed by atoms with Gasteiger partial charge in [0, 0.05) is 6.07 Å². The van der Waals surface area contributed by atoms with Crippen molar-refractivity contribution in [1.82, 2.24) is 5.32 Å². The molecule has 1 heterocycles. The smallest absolute Gasteiger partial charge is 0.264 e. The molecule has 0 bridgehead atoms. The van der Waals surface area contributed by atoms with Gasteiger partial charge in [-0.15, -0.1) is 0 Å². The fourth-order valence-corrected chi connectivity index (χ4v) is 5.56. The third-order valence-corrected chi connectivity index (χ3v) is 7.88. The Morgan fingerprint density at radius 3 is 2.31 bits per heavy atom. The van der Waals surface area contributed by atoms with E-state index in [0.29, 0.717) is 48.5 Å². The van der Waals surface area contributed by atoms with Crippen LogP contribution in [0.5, 0.6) is 28.7 Å². The monoisotopic (exact) mass is 556 g/mol. The van der Waals surface area contributed by atoms with Crippen LogP contribution in [0.1, 0.15) is 25.5 Å². The van der Waals surface area contributed by atoms with E-state index < -0.39 is 28.5 Å². The minimum absolute atomic E-state index is 0.0540. The Morgan fingerprint density at radius 1 is 0.949 bits per heavy atom. The second kappa shape index (κ2) is 12.2. The van der Waals surface area contributed by atoms with Crippen molar-refractivity contribution in [3.05, 3.63) is 66.2 Å². The summed E-state index contributed by atoms with van der Waals surface area (Å²) in [6, 6.07) is 15.8. The van der Waals surface area contributed by atoms with Gasteiger partial charge in [0.1, 0.15) is 25.5 Å². The van der Waals surface area contributed by atoms with Gasteiger partial charge in [0.2, 0.25) is 5.91 Å². The van der Waals surface area contributed by atoms with E-state index in [0.717, 1.165) is 9.87 Å².